The smallest absolute Gasteiger partial charge is 0.475 e. The average molecular weight is 439 g/mol. The number of benzene rings is 1. The predicted molar refractivity (Wildman–Crippen MR) is 107 cm³/mol. The van der Waals surface area contributed by atoms with Crippen LogP contribution in [0.4, 0.5) is 18.9 Å². The standard InChI is InChI=1S/C17H19N5O2.C2HF3O2/c1-22(2)8-7-11-5-3-4-6-13(11)19-16(23)12-9-14-15(18-10-12)21-17(24)20-14;3-2(4,5)1(6)7/h3-6,9-10H,7-8H2,1-2H3,(H,19,23)(H2,18,20,21,24);(H,6,7). The number of amides is 1. The van der Waals surface area contributed by atoms with E-state index in [4.69, 9.17) is 9.90 Å². The maximum Gasteiger partial charge on any atom is 0.490 e. The molecule has 0 aliphatic carbocycles. The molecule has 1 amide bonds. The molecule has 0 unspecified atom stereocenters. The van der Waals surface area contributed by atoms with Crippen molar-refractivity contribution in [3.63, 3.8) is 0 Å². The Labute approximate surface area is 173 Å². The first-order chi connectivity index (χ1) is 14.5. The number of pyridine rings is 1. The van der Waals surface area contributed by atoms with Gasteiger partial charge in [0.05, 0.1) is 11.1 Å². The van der Waals surface area contributed by atoms with Gasteiger partial charge < -0.3 is 20.3 Å². The molecule has 2 heterocycles. The number of rotatable bonds is 5. The van der Waals surface area contributed by atoms with Crippen molar-refractivity contribution in [2.75, 3.05) is 26.0 Å². The van der Waals surface area contributed by atoms with E-state index < -0.39 is 12.1 Å². The largest absolute Gasteiger partial charge is 0.490 e. The molecule has 3 aromatic rings. The molecule has 0 bridgehead atoms. The minimum Gasteiger partial charge on any atom is -0.475 e. The van der Waals surface area contributed by atoms with Gasteiger partial charge in [-0.2, -0.15) is 13.2 Å². The Bertz CT molecular complexity index is 1120. The summed E-state index contributed by atoms with van der Waals surface area (Å²) < 4.78 is 31.7. The molecule has 9 nitrogen and oxygen atoms in total. The van der Waals surface area contributed by atoms with Gasteiger partial charge in [0, 0.05) is 18.4 Å². The molecule has 0 aliphatic rings. The summed E-state index contributed by atoms with van der Waals surface area (Å²) in [5.41, 5.74) is 2.84. The number of H-pyrrole nitrogens is 2. The van der Waals surface area contributed by atoms with Crippen LogP contribution in [-0.2, 0) is 11.2 Å². The second-order valence-corrected chi connectivity index (χ2v) is 6.67. The first kappa shape index (κ1) is 23.6. The van der Waals surface area contributed by atoms with Crippen molar-refractivity contribution in [1.82, 2.24) is 19.9 Å². The maximum absolute atomic E-state index is 12.5. The first-order valence-corrected chi connectivity index (χ1v) is 8.89. The number of nitrogens with zero attached hydrogens (tertiary/aromatic N) is 2. The summed E-state index contributed by atoms with van der Waals surface area (Å²) in [5, 5.41) is 10.0. The number of hydrogen-bond acceptors (Lipinski definition) is 5. The van der Waals surface area contributed by atoms with Crippen LogP contribution in [0.15, 0.2) is 41.3 Å². The number of imidazole rings is 1. The average Bonchev–Trinajstić information content (AvgIpc) is 3.06. The minimum atomic E-state index is -5.08. The number of aliphatic carboxylic acids is 1. The number of hydrogen-bond donors (Lipinski definition) is 4. The lowest BCUT2D eigenvalue weighted by Gasteiger charge is -2.13. The van der Waals surface area contributed by atoms with Crippen molar-refractivity contribution in [1.29, 1.82) is 0 Å². The molecule has 12 heteroatoms. The Morgan fingerprint density at radius 3 is 2.45 bits per heavy atom. The molecule has 0 fully saturated rings. The van der Waals surface area contributed by atoms with E-state index in [-0.39, 0.29) is 11.6 Å². The molecule has 0 atom stereocenters. The number of carboxylic acids is 1. The zero-order chi connectivity index (χ0) is 23.2. The van der Waals surface area contributed by atoms with Crippen molar-refractivity contribution in [3.05, 3.63) is 58.1 Å². The van der Waals surface area contributed by atoms with Gasteiger partial charge in [-0.05, 0) is 38.2 Å². The van der Waals surface area contributed by atoms with Crippen LogP contribution in [0, 0.1) is 0 Å². The van der Waals surface area contributed by atoms with E-state index in [9.17, 15) is 22.8 Å². The molecule has 0 saturated heterocycles. The molecule has 3 rings (SSSR count). The normalized spacial score (nSPS) is 11.2. The van der Waals surface area contributed by atoms with Crippen LogP contribution in [-0.4, -0.2) is 63.7 Å². The lowest BCUT2D eigenvalue weighted by Crippen LogP contribution is -2.21. The van der Waals surface area contributed by atoms with Crippen LogP contribution in [0.5, 0.6) is 0 Å². The Morgan fingerprint density at radius 2 is 1.84 bits per heavy atom. The fourth-order valence-corrected chi connectivity index (χ4v) is 2.44. The van der Waals surface area contributed by atoms with E-state index in [1.165, 1.54) is 6.20 Å². The number of carbonyl (C=O) groups excluding carboxylic acids is 1. The third kappa shape index (κ3) is 6.96. The quantitative estimate of drug-likeness (QED) is 0.482. The Balaban J connectivity index is 0.000000423. The number of alkyl halides is 3. The van der Waals surface area contributed by atoms with Gasteiger partial charge in [0.1, 0.15) is 0 Å². The number of fused-ring (bicyclic) bond motifs is 1. The SMILES string of the molecule is CN(C)CCc1ccccc1NC(=O)c1cnc2[nH]c(=O)[nH]c2c1.O=C(O)C(F)(F)F. The van der Waals surface area contributed by atoms with Crippen LogP contribution >= 0.6 is 0 Å². The zero-order valence-corrected chi connectivity index (χ0v) is 16.6. The summed E-state index contributed by atoms with van der Waals surface area (Å²) in [7, 11) is 4.03. The topological polar surface area (TPSA) is 131 Å². The molecule has 2 aromatic heterocycles. The van der Waals surface area contributed by atoms with E-state index in [2.05, 4.69) is 25.2 Å². The van der Waals surface area contributed by atoms with Gasteiger partial charge in [-0.25, -0.2) is 14.6 Å². The van der Waals surface area contributed by atoms with E-state index in [0.29, 0.717) is 16.7 Å². The Hall–Kier alpha value is -3.67. The van der Waals surface area contributed by atoms with Crippen molar-refractivity contribution >= 4 is 28.7 Å². The van der Waals surface area contributed by atoms with E-state index in [1.807, 2.05) is 38.4 Å². The number of carbonyl (C=O) groups is 2. The molecule has 0 saturated carbocycles. The highest BCUT2D eigenvalue weighted by atomic mass is 19.4. The summed E-state index contributed by atoms with van der Waals surface area (Å²) in [6, 6.07) is 9.34. The number of nitrogens with one attached hydrogen (secondary N) is 3. The van der Waals surface area contributed by atoms with Gasteiger partial charge in [-0.3, -0.25) is 9.78 Å². The van der Waals surface area contributed by atoms with Crippen LogP contribution in [0.1, 0.15) is 15.9 Å². The minimum absolute atomic E-state index is 0.260. The van der Waals surface area contributed by atoms with Gasteiger partial charge in [-0.15, -0.1) is 0 Å². The zero-order valence-electron chi connectivity index (χ0n) is 16.6. The highest BCUT2D eigenvalue weighted by Crippen LogP contribution is 2.18. The lowest BCUT2D eigenvalue weighted by atomic mass is 10.1. The first-order valence-electron chi connectivity index (χ1n) is 8.89. The molecular weight excluding hydrogens is 419 g/mol. The molecule has 31 heavy (non-hydrogen) atoms. The van der Waals surface area contributed by atoms with Crippen molar-refractivity contribution < 1.29 is 27.9 Å². The summed E-state index contributed by atoms with van der Waals surface area (Å²) in [4.78, 5) is 44.0. The Kier molecular flexibility index (Phi) is 7.53. The fourth-order valence-electron chi connectivity index (χ4n) is 2.44. The summed E-state index contributed by atoms with van der Waals surface area (Å²) in [6.07, 6.45) is -2.80. The van der Waals surface area contributed by atoms with Crippen LogP contribution in [0.25, 0.3) is 11.2 Å². The van der Waals surface area contributed by atoms with E-state index in [0.717, 1.165) is 24.2 Å². The van der Waals surface area contributed by atoms with Gasteiger partial charge in [0.2, 0.25) is 0 Å². The van der Waals surface area contributed by atoms with Crippen molar-refractivity contribution in [2.24, 2.45) is 0 Å². The van der Waals surface area contributed by atoms with Crippen LogP contribution < -0.4 is 11.0 Å². The Morgan fingerprint density at radius 1 is 1.19 bits per heavy atom. The molecule has 1 aromatic carbocycles. The highest BCUT2D eigenvalue weighted by Gasteiger charge is 2.38. The summed E-state index contributed by atoms with van der Waals surface area (Å²) >= 11 is 0. The molecule has 166 valence electrons. The third-order valence-electron chi connectivity index (χ3n) is 3.97. The van der Waals surface area contributed by atoms with Crippen molar-refractivity contribution in [3.8, 4) is 0 Å². The third-order valence-corrected chi connectivity index (χ3v) is 3.97. The summed E-state index contributed by atoms with van der Waals surface area (Å²) in [5.74, 6) is -3.02. The number of aromatic amines is 2. The monoisotopic (exact) mass is 439 g/mol. The van der Waals surface area contributed by atoms with Gasteiger partial charge >= 0.3 is 17.8 Å². The molecule has 0 radical (unpaired) electrons. The molecular formula is C19H20F3N5O4. The number of halogens is 3. The highest BCUT2D eigenvalue weighted by molar-refractivity contribution is 6.05. The second-order valence-electron chi connectivity index (χ2n) is 6.67. The van der Waals surface area contributed by atoms with E-state index >= 15 is 0 Å². The van der Waals surface area contributed by atoms with Crippen LogP contribution in [0.2, 0.25) is 0 Å². The number of carboxylic acid groups (broad SMARTS) is 1. The number of likely N-dealkylation sites (N-methyl/N-ethyl adjacent to an activating group) is 1. The number of aromatic nitrogens is 3. The molecule has 0 aliphatic heterocycles. The molecule has 0 spiro atoms. The molecule has 4 N–H and O–H groups in total. The lowest BCUT2D eigenvalue weighted by molar-refractivity contribution is -0.192. The maximum atomic E-state index is 12.5. The van der Waals surface area contributed by atoms with Crippen molar-refractivity contribution in [2.45, 2.75) is 12.6 Å². The van der Waals surface area contributed by atoms with Gasteiger partial charge in [0.25, 0.3) is 5.91 Å². The fraction of sp³-hybridized carbons (Fsp3) is 0.263. The van der Waals surface area contributed by atoms with Crippen LogP contribution in [0.3, 0.4) is 0 Å². The number of para-hydroxylation sites is 1. The predicted octanol–water partition coefficient (Wildman–Crippen LogP) is 2.24. The number of anilines is 1. The van der Waals surface area contributed by atoms with Gasteiger partial charge in [0.15, 0.2) is 5.65 Å². The summed E-state index contributed by atoms with van der Waals surface area (Å²) in [6.45, 7) is 0.894. The second kappa shape index (κ2) is 9.89. The van der Waals surface area contributed by atoms with Gasteiger partial charge in [-0.1, -0.05) is 18.2 Å². The van der Waals surface area contributed by atoms with E-state index in [1.54, 1.807) is 6.07 Å².